The van der Waals surface area contributed by atoms with E-state index in [1.807, 2.05) is 25.7 Å². The van der Waals surface area contributed by atoms with Gasteiger partial charge < -0.3 is 19.5 Å². The average Bonchev–Trinajstić information content (AvgIpc) is 3.11. The summed E-state index contributed by atoms with van der Waals surface area (Å²) in [6.07, 6.45) is 0.113. The molecule has 0 saturated carbocycles. The van der Waals surface area contributed by atoms with Crippen molar-refractivity contribution in [3.63, 3.8) is 0 Å². The number of hydrogen-bond acceptors (Lipinski definition) is 7. The molecule has 3 aromatic rings. The first-order valence-electron chi connectivity index (χ1n) is 11.8. The highest BCUT2D eigenvalue weighted by atomic mass is 19.1. The number of halogens is 1. The van der Waals surface area contributed by atoms with Gasteiger partial charge in [-0.1, -0.05) is 31.1 Å². The Balaban J connectivity index is 1.91. The van der Waals surface area contributed by atoms with Gasteiger partial charge in [0.2, 0.25) is 5.95 Å². The Morgan fingerprint density at radius 1 is 1.31 bits per heavy atom. The molecule has 9 nitrogen and oxygen atoms in total. The molecule has 1 N–H and O–H groups in total. The first kappa shape index (κ1) is 26.2. The van der Waals surface area contributed by atoms with Crippen molar-refractivity contribution in [2.45, 2.75) is 60.1 Å². The molecule has 0 spiro atoms. The SMILES string of the molecule is Cc1noc2nc(N(CCCNC(=O)OC(C)(C)C)CC(C)C)n(Cc3cccc(F)c3)c(=O)c12. The molecule has 0 radical (unpaired) electrons. The summed E-state index contributed by atoms with van der Waals surface area (Å²) in [5.74, 6) is 0.300. The number of benzene rings is 1. The zero-order chi connectivity index (χ0) is 25.8. The van der Waals surface area contributed by atoms with Gasteiger partial charge in [0.05, 0.1) is 12.2 Å². The number of anilines is 1. The van der Waals surface area contributed by atoms with Crippen LogP contribution in [0.15, 0.2) is 33.6 Å². The van der Waals surface area contributed by atoms with Crippen molar-refractivity contribution in [1.82, 2.24) is 20.0 Å². The predicted octanol–water partition coefficient (Wildman–Crippen LogP) is 4.26. The normalized spacial score (nSPS) is 11.8. The number of nitrogens with zero attached hydrogens (tertiary/aromatic N) is 4. The molecule has 1 amide bonds. The molecule has 0 fully saturated rings. The van der Waals surface area contributed by atoms with Crippen LogP contribution in [0.1, 0.15) is 52.3 Å². The molecule has 0 aliphatic rings. The van der Waals surface area contributed by atoms with E-state index in [0.29, 0.717) is 48.6 Å². The Hall–Kier alpha value is -3.43. The molecule has 0 atom stereocenters. The maximum Gasteiger partial charge on any atom is 0.407 e. The first-order valence-corrected chi connectivity index (χ1v) is 11.8. The lowest BCUT2D eigenvalue weighted by molar-refractivity contribution is 0.0527. The molecule has 0 bridgehead atoms. The topological polar surface area (TPSA) is 102 Å². The number of alkyl carbamates (subject to hydrolysis) is 1. The van der Waals surface area contributed by atoms with Gasteiger partial charge >= 0.3 is 6.09 Å². The maximum atomic E-state index is 13.9. The number of ether oxygens (including phenoxy) is 1. The van der Waals surface area contributed by atoms with Gasteiger partial charge in [-0.05, 0) is 57.7 Å². The van der Waals surface area contributed by atoms with Gasteiger partial charge in [-0.2, -0.15) is 4.98 Å². The Morgan fingerprint density at radius 2 is 2.06 bits per heavy atom. The summed E-state index contributed by atoms with van der Waals surface area (Å²) in [5, 5.41) is 6.98. The van der Waals surface area contributed by atoms with Crippen molar-refractivity contribution in [3.8, 4) is 0 Å². The van der Waals surface area contributed by atoms with E-state index < -0.39 is 11.7 Å². The lowest BCUT2D eigenvalue weighted by Gasteiger charge is -2.28. The second kappa shape index (κ2) is 10.9. The van der Waals surface area contributed by atoms with Crippen LogP contribution >= 0.6 is 0 Å². The highest BCUT2D eigenvalue weighted by molar-refractivity contribution is 5.75. The number of nitrogens with one attached hydrogen (secondary N) is 1. The molecule has 190 valence electrons. The summed E-state index contributed by atoms with van der Waals surface area (Å²) < 4.78 is 26.0. The number of aryl methyl sites for hydroxylation is 1. The standard InChI is InChI=1S/C25H34FN5O4/c1-16(2)14-30(12-8-11-27-24(33)34-25(4,5)6)23-28-21-20(17(3)29-35-21)22(32)31(23)15-18-9-7-10-19(26)13-18/h7,9-10,13,16H,8,11-12,14-15H2,1-6H3,(H,27,33). The predicted molar refractivity (Wildman–Crippen MR) is 132 cm³/mol. The molecule has 10 heteroatoms. The van der Waals surface area contributed by atoms with Crippen LogP contribution in [0.4, 0.5) is 15.1 Å². The van der Waals surface area contributed by atoms with Crippen molar-refractivity contribution in [2.75, 3.05) is 24.5 Å². The fourth-order valence-corrected chi connectivity index (χ4v) is 3.75. The average molecular weight is 488 g/mol. The summed E-state index contributed by atoms with van der Waals surface area (Å²) in [4.78, 5) is 32.1. The van der Waals surface area contributed by atoms with Crippen molar-refractivity contribution >= 4 is 23.1 Å². The number of aromatic nitrogens is 3. The van der Waals surface area contributed by atoms with Gasteiger partial charge in [0.1, 0.15) is 16.8 Å². The molecule has 35 heavy (non-hydrogen) atoms. The third-order valence-electron chi connectivity index (χ3n) is 5.12. The fourth-order valence-electron chi connectivity index (χ4n) is 3.75. The second-order valence-corrected chi connectivity index (χ2v) is 10.0. The Labute approximate surface area is 204 Å². The number of rotatable bonds is 9. The number of fused-ring (bicyclic) bond motifs is 1. The van der Waals surface area contributed by atoms with Gasteiger partial charge in [0, 0.05) is 19.6 Å². The number of amides is 1. The first-order chi connectivity index (χ1) is 16.4. The molecular weight excluding hydrogens is 453 g/mol. The Morgan fingerprint density at radius 3 is 2.71 bits per heavy atom. The van der Waals surface area contributed by atoms with Crippen molar-refractivity contribution in [2.24, 2.45) is 5.92 Å². The summed E-state index contributed by atoms with van der Waals surface area (Å²) in [6.45, 7) is 12.9. The monoisotopic (exact) mass is 487 g/mol. The molecule has 2 heterocycles. The minimum absolute atomic E-state index is 0.143. The summed E-state index contributed by atoms with van der Waals surface area (Å²) in [6, 6.07) is 6.14. The van der Waals surface area contributed by atoms with E-state index >= 15 is 0 Å². The maximum absolute atomic E-state index is 13.9. The van der Waals surface area contributed by atoms with E-state index in [1.165, 1.54) is 16.7 Å². The quantitative estimate of drug-likeness (QED) is 0.450. The van der Waals surface area contributed by atoms with Crippen LogP contribution in [0.5, 0.6) is 0 Å². The molecule has 0 aliphatic carbocycles. The number of hydrogen-bond donors (Lipinski definition) is 1. The molecule has 2 aromatic heterocycles. The highest BCUT2D eigenvalue weighted by Crippen LogP contribution is 2.20. The van der Waals surface area contributed by atoms with Gasteiger partial charge in [0.15, 0.2) is 0 Å². The van der Waals surface area contributed by atoms with Crippen LogP contribution < -0.4 is 15.8 Å². The zero-order valence-electron chi connectivity index (χ0n) is 21.2. The minimum atomic E-state index is -0.574. The summed E-state index contributed by atoms with van der Waals surface area (Å²) in [5.41, 5.74) is 0.385. The van der Waals surface area contributed by atoms with Crippen molar-refractivity contribution < 1.29 is 18.4 Å². The minimum Gasteiger partial charge on any atom is -0.444 e. The molecule has 0 aliphatic heterocycles. The van der Waals surface area contributed by atoms with E-state index in [0.717, 1.165) is 0 Å². The third-order valence-corrected chi connectivity index (χ3v) is 5.12. The molecule has 0 saturated heterocycles. The van der Waals surface area contributed by atoms with E-state index in [2.05, 4.69) is 29.3 Å². The smallest absolute Gasteiger partial charge is 0.407 e. The Bertz CT molecular complexity index is 1230. The molecule has 1 aromatic carbocycles. The van der Waals surface area contributed by atoms with Gasteiger partial charge in [-0.3, -0.25) is 9.36 Å². The summed E-state index contributed by atoms with van der Waals surface area (Å²) in [7, 11) is 0. The molecular formula is C25H34FN5O4. The molecule has 0 unspecified atom stereocenters. The van der Waals surface area contributed by atoms with Crippen molar-refractivity contribution in [3.05, 3.63) is 51.7 Å². The zero-order valence-corrected chi connectivity index (χ0v) is 21.2. The van der Waals surface area contributed by atoms with Gasteiger partial charge in [-0.25, -0.2) is 9.18 Å². The van der Waals surface area contributed by atoms with Crippen LogP contribution in [-0.2, 0) is 11.3 Å². The van der Waals surface area contributed by atoms with Crippen LogP contribution in [0.2, 0.25) is 0 Å². The summed E-state index contributed by atoms with van der Waals surface area (Å²) >= 11 is 0. The molecule has 3 rings (SSSR count). The third kappa shape index (κ3) is 7.03. The van der Waals surface area contributed by atoms with E-state index in [4.69, 9.17) is 9.26 Å². The lowest BCUT2D eigenvalue weighted by atomic mass is 10.2. The number of carbonyl (C=O) groups is 1. The largest absolute Gasteiger partial charge is 0.444 e. The van der Waals surface area contributed by atoms with Crippen LogP contribution in [-0.4, -0.2) is 46.0 Å². The van der Waals surface area contributed by atoms with Gasteiger partial charge in [-0.15, -0.1) is 0 Å². The van der Waals surface area contributed by atoms with Gasteiger partial charge in [0.25, 0.3) is 11.3 Å². The highest BCUT2D eigenvalue weighted by Gasteiger charge is 2.22. The second-order valence-electron chi connectivity index (χ2n) is 10.0. The van der Waals surface area contributed by atoms with Crippen molar-refractivity contribution in [1.29, 1.82) is 0 Å². The van der Waals surface area contributed by atoms with E-state index in [9.17, 15) is 14.0 Å². The Kier molecular flexibility index (Phi) is 8.14. The number of carbonyl (C=O) groups excluding carboxylic acids is 1. The van der Waals surface area contributed by atoms with E-state index in [-0.39, 0.29) is 29.6 Å². The van der Waals surface area contributed by atoms with Crippen LogP contribution in [0, 0.1) is 18.7 Å². The van der Waals surface area contributed by atoms with Crippen LogP contribution in [0.3, 0.4) is 0 Å². The van der Waals surface area contributed by atoms with Crippen LogP contribution in [0.25, 0.3) is 11.1 Å². The lowest BCUT2D eigenvalue weighted by Crippen LogP contribution is -2.38. The van der Waals surface area contributed by atoms with E-state index in [1.54, 1.807) is 19.1 Å². The fraction of sp³-hybridized carbons (Fsp3) is 0.520.